The topological polar surface area (TPSA) is 49.8 Å². The van der Waals surface area contributed by atoms with Crippen LogP contribution in [0, 0.1) is 16.7 Å². The average molecular weight is 136 g/mol. The van der Waals surface area contributed by atoms with Crippen LogP contribution in [0.3, 0.4) is 0 Å². The number of rotatable bonds is 0. The second-order valence-electron chi connectivity index (χ2n) is 3.72. The van der Waals surface area contributed by atoms with Crippen molar-refractivity contribution in [1.29, 1.82) is 5.26 Å². The average Bonchev–Trinajstić information content (AvgIpc) is 2.61. The Bertz CT molecular complexity index is 200. The van der Waals surface area contributed by atoms with Gasteiger partial charge in [0.15, 0.2) is 0 Å². The smallest absolute Gasteiger partial charge is 0.109 e. The standard InChI is InChI=1S/C8H12N2/c9-6-8(10)3-1-2-7(8)4-5-7/h1-5,10H2. The van der Waals surface area contributed by atoms with Gasteiger partial charge in [0.05, 0.1) is 6.07 Å². The molecule has 10 heavy (non-hydrogen) atoms. The van der Waals surface area contributed by atoms with Crippen LogP contribution in [-0.4, -0.2) is 5.54 Å². The van der Waals surface area contributed by atoms with Crippen LogP contribution in [0.25, 0.3) is 0 Å². The monoisotopic (exact) mass is 136 g/mol. The van der Waals surface area contributed by atoms with E-state index in [4.69, 9.17) is 11.0 Å². The summed E-state index contributed by atoms with van der Waals surface area (Å²) >= 11 is 0. The fraction of sp³-hybridized carbons (Fsp3) is 0.875. The van der Waals surface area contributed by atoms with Crippen molar-refractivity contribution in [1.82, 2.24) is 0 Å². The molecule has 0 aromatic carbocycles. The molecule has 2 aliphatic rings. The lowest BCUT2D eigenvalue weighted by Gasteiger charge is -2.22. The predicted molar refractivity (Wildman–Crippen MR) is 38.0 cm³/mol. The second-order valence-corrected chi connectivity index (χ2v) is 3.72. The zero-order valence-electron chi connectivity index (χ0n) is 6.06. The molecule has 0 amide bonds. The molecule has 2 fully saturated rings. The van der Waals surface area contributed by atoms with Crippen molar-refractivity contribution in [2.45, 2.75) is 37.6 Å². The van der Waals surface area contributed by atoms with Gasteiger partial charge >= 0.3 is 0 Å². The second kappa shape index (κ2) is 1.54. The van der Waals surface area contributed by atoms with E-state index in [1.54, 1.807) is 0 Å². The third kappa shape index (κ3) is 0.518. The van der Waals surface area contributed by atoms with E-state index >= 15 is 0 Å². The molecule has 2 heteroatoms. The summed E-state index contributed by atoms with van der Waals surface area (Å²) in [5.74, 6) is 0. The normalized spacial score (nSPS) is 41.6. The van der Waals surface area contributed by atoms with Crippen molar-refractivity contribution in [3.63, 3.8) is 0 Å². The number of nitrogens with zero attached hydrogens (tertiary/aromatic N) is 1. The highest BCUT2D eigenvalue weighted by Crippen LogP contribution is 2.61. The molecule has 0 bridgehead atoms. The summed E-state index contributed by atoms with van der Waals surface area (Å²) in [6, 6.07) is 2.27. The molecule has 0 aromatic rings. The Labute approximate surface area is 61.0 Å². The lowest BCUT2D eigenvalue weighted by Crippen LogP contribution is -2.43. The third-order valence-electron chi connectivity index (χ3n) is 3.23. The van der Waals surface area contributed by atoms with Gasteiger partial charge in [-0.25, -0.2) is 0 Å². The molecule has 0 aliphatic heterocycles. The Morgan fingerprint density at radius 1 is 1.20 bits per heavy atom. The molecule has 2 rings (SSSR count). The molecule has 1 spiro atoms. The molecular weight excluding hydrogens is 124 g/mol. The Balaban J connectivity index is 2.30. The Morgan fingerprint density at radius 3 is 2.30 bits per heavy atom. The minimum atomic E-state index is -0.451. The van der Waals surface area contributed by atoms with Gasteiger partial charge < -0.3 is 5.73 Å². The van der Waals surface area contributed by atoms with E-state index < -0.39 is 5.54 Å². The highest BCUT2D eigenvalue weighted by molar-refractivity contribution is 5.24. The molecule has 2 saturated carbocycles. The highest BCUT2D eigenvalue weighted by atomic mass is 14.9. The lowest BCUT2D eigenvalue weighted by molar-refractivity contribution is 0.375. The number of nitrogens with two attached hydrogens (primary N) is 1. The molecule has 2 nitrogen and oxygen atoms in total. The number of hydrogen-bond acceptors (Lipinski definition) is 2. The number of hydrogen-bond donors (Lipinski definition) is 1. The molecule has 0 aromatic heterocycles. The summed E-state index contributed by atoms with van der Waals surface area (Å²) < 4.78 is 0. The maximum Gasteiger partial charge on any atom is 0.109 e. The summed E-state index contributed by atoms with van der Waals surface area (Å²) in [7, 11) is 0. The van der Waals surface area contributed by atoms with E-state index in [-0.39, 0.29) is 5.41 Å². The first-order valence-electron chi connectivity index (χ1n) is 3.93. The minimum Gasteiger partial charge on any atom is -0.313 e. The van der Waals surface area contributed by atoms with Crippen LogP contribution in [0.5, 0.6) is 0 Å². The van der Waals surface area contributed by atoms with Crippen molar-refractivity contribution in [3.05, 3.63) is 0 Å². The van der Waals surface area contributed by atoms with Gasteiger partial charge in [0.25, 0.3) is 0 Å². The molecular formula is C8H12N2. The molecule has 1 unspecified atom stereocenters. The van der Waals surface area contributed by atoms with Crippen LogP contribution >= 0.6 is 0 Å². The number of nitriles is 1. The van der Waals surface area contributed by atoms with E-state index in [1.165, 1.54) is 19.3 Å². The van der Waals surface area contributed by atoms with Gasteiger partial charge in [0, 0.05) is 5.41 Å². The molecule has 54 valence electrons. The zero-order valence-corrected chi connectivity index (χ0v) is 6.06. The van der Waals surface area contributed by atoms with Crippen molar-refractivity contribution in [2.75, 3.05) is 0 Å². The maximum atomic E-state index is 8.83. The van der Waals surface area contributed by atoms with Crippen molar-refractivity contribution in [2.24, 2.45) is 11.1 Å². The maximum absolute atomic E-state index is 8.83. The Hall–Kier alpha value is -0.550. The largest absolute Gasteiger partial charge is 0.313 e. The van der Waals surface area contributed by atoms with Crippen molar-refractivity contribution < 1.29 is 0 Å². The van der Waals surface area contributed by atoms with E-state index in [9.17, 15) is 0 Å². The van der Waals surface area contributed by atoms with Crippen LogP contribution in [0.2, 0.25) is 0 Å². The van der Waals surface area contributed by atoms with E-state index in [1.807, 2.05) is 0 Å². The van der Waals surface area contributed by atoms with Crippen LogP contribution in [0.15, 0.2) is 0 Å². The summed E-state index contributed by atoms with van der Waals surface area (Å²) in [4.78, 5) is 0. The summed E-state index contributed by atoms with van der Waals surface area (Å²) in [5, 5.41) is 8.83. The summed E-state index contributed by atoms with van der Waals surface area (Å²) in [5.41, 5.74) is 5.75. The van der Waals surface area contributed by atoms with Gasteiger partial charge in [0.2, 0.25) is 0 Å². The molecule has 0 radical (unpaired) electrons. The summed E-state index contributed by atoms with van der Waals surface area (Å²) in [6.45, 7) is 0. The highest BCUT2D eigenvalue weighted by Gasteiger charge is 2.60. The van der Waals surface area contributed by atoms with Gasteiger partial charge in [-0.1, -0.05) is 0 Å². The first kappa shape index (κ1) is 6.18. The van der Waals surface area contributed by atoms with Crippen LogP contribution in [0.4, 0.5) is 0 Å². The van der Waals surface area contributed by atoms with Gasteiger partial charge in [-0.15, -0.1) is 0 Å². The van der Waals surface area contributed by atoms with Crippen molar-refractivity contribution in [3.8, 4) is 6.07 Å². The Kier molecular flexibility index (Phi) is 0.952. The third-order valence-corrected chi connectivity index (χ3v) is 3.23. The van der Waals surface area contributed by atoms with Gasteiger partial charge in [-0.05, 0) is 32.1 Å². The minimum absolute atomic E-state index is 0.266. The van der Waals surface area contributed by atoms with Crippen LogP contribution < -0.4 is 5.73 Å². The van der Waals surface area contributed by atoms with Crippen LogP contribution in [-0.2, 0) is 0 Å². The molecule has 0 heterocycles. The molecule has 2 N–H and O–H groups in total. The first-order chi connectivity index (χ1) is 4.72. The van der Waals surface area contributed by atoms with E-state index in [0.717, 1.165) is 12.8 Å². The zero-order chi connectivity index (χ0) is 7.24. The van der Waals surface area contributed by atoms with Gasteiger partial charge in [0.1, 0.15) is 5.54 Å². The van der Waals surface area contributed by atoms with E-state index in [0.29, 0.717) is 0 Å². The quantitative estimate of drug-likeness (QED) is 0.543. The molecule has 1 atom stereocenters. The summed E-state index contributed by atoms with van der Waals surface area (Å²) in [6.07, 6.45) is 5.65. The van der Waals surface area contributed by atoms with Gasteiger partial charge in [-0.2, -0.15) is 5.26 Å². The van der Waals surface area contributed by atoms with E-state index in [2.05, 4.69) is 6.07 Å². The molecule has 2 aliphatic carbocycles. The van der Waals surface area contributed by atoms with Crippen molar-refractivity contribution >= 4 is 0 Å². The SMILES string of the molecule is N#CC1(N)CCCC12CC2. The fourth-order valence-electron chi connectivity index (χ4n) is 2.22. The predicted octanol–water partition coefficient (Wildman–Crippen LogP) is 1.17. The van der Waals surface area contributed by atoms with Crippen LogP contribution in [0.1, 0.15) is 32.1 Å². The lowest BCUT2D eigenvalue weighted by atomic mass is 9.86. The Morgan fingerprint density at radius 2 is 1.90 bits per heavy atom. The van der Waals surface area contributed by atoms with Gasteiger partial charge in [-0.3, -0.25) is 0 Å². The molecule has 0 saturated heterocycles. The fourth-order valence-corrected chi connectivity index (χ4v) is 2.22. The first-order valence-corrected chi connectivity index (χ1v) is 3.93.